The van der Waals surface area contributed by atoms with Crippen LogP contribution in [0, 0.1) is 5.92 Å². The van der Waals surface area contributed by atoms with E-state index in [1.54, 1.807) is 0 Å². The van der Waals surface area contributed by atoms with Crippen LogP contribution in [0.3, 0.4) is 0 Å². The molecule has 0 aromatic rings. The van der Waals surface area contributed by atoms with Crippen LogP contribution in [-0.2, 0) is 19.1 Å². The fourth-order valence-corrected chi connectivity index (χ4v) is 6.71. The van der Waals surface area contributed by atoms with Gasteiger partial charge in [0.05, 0.1) is 35.1 Å². The zero-order chi connectivity index (χ0) is 26.8. The maximum absolute atomic E-state index is 13.8. The minimum absolute atomic E-state index is 0.0914. The van der Waals surface area contributed by atoms with Gasteiger partial charge in [0, 0.05) is 12.0 Å². The molecule has 5 fully saturated rings. The van der Waals surface area contributed by atoms with E-state index in [1.807, 2.05) is 0 Å². The van der Waals surface area contributed by atoms with Crippen LogP contribution in [0.1, 0.15) is 77.0 Å². The normalized spacial score (nSPS) is 40.3. The number of hydrogen-bond acceptors (Lipinski definition) is 5. The molecule has 0 heterocycles. The number of aliphatic hydroxyl groups excluding tert-OH is 1. The molecule has 12 heteroatoms. The van der Waals surface area contributed by atoms with Gasteiger partial charge in [-0.05, 0) is 64.2 Å². The van der Waals surface area contributed by atoms with Crippen molar-refractivity contribution in [1.29, 1.82) is 0 Å². The lowest BCUT2D eigenvalue weighted by Gasteiger charge is -2.56. The molecule has 5 rings (SSSR count). The molecule has 37 heavy (non-hydrogen) atoms. The molecule has 6 atom stereocenters. The number of carbonyl (C=O) groups excluding carboxylic acids is 2. The molecule has 0 radical (unpaired) electrons. The molecule has 5 saturated carbocycles. The van der Waals surface area contributed by atoms with E-state index in [-0.39, 0.29) is 50.9 Å². The number of hydrogen-bond donors (Lipinski definition) is 3. The molecule has 0 spiro atoms. The monoisotopic (exact) mass is 556 g/mol. The number of rotatable bonds is 8. The van der Waals surface area contributed by atoms with E-state index in [1.165, 1.54) is 0 Å². The predicted molar refractivity (Wildman–Crippen MR) is 127 cm³/mol. The molecule has 212 valence electrons. The minimum Gasteiger partial charge on any atom is -0.391 e. The third-order valence-corrected chi connectivity index (χ3v) is 9.24. The summed E-state index contributed by atoms with van der Waals surface area (Å²) in [6.07, 6.45) is -2.89. The van der Waals surface area contributed by atoms with Crippen molar-refractivity contribution in [3.8, 4) is 0 Å². The first-order valence-corrected chi connectivity index (χ1v) is 13.7. The summed E-state index contributed by atoms with van der Waals surface area (Å²) in [5, 5.41) is 16.2. The maximum atomic E-state index is 13.8. The van der Waals surface area contributed by atoms with Crippen LogP contribution in [-0.4, -0.2) is 77.2 Å². The van der Waals surface area contributed by atoms with Gasteiger partial charge in [0.1, 0.15) is 19.4 Å². The Bertz CT molecular complexity index is 823. The van der Waals surface area contributed by atoms with Gasteiger partial charge < -0.3 is 25.2 Å². The van der Waals surface area contributed by atoms with E-state index < -0.39 is 52.8 Å². The van der Waals surface area contributed by atoms with Crippen molar-refractivity contribution < 1.29 is 41.7 Å². The summed E-state index contributed by atoms with van der Waals surface area (Å²) in [6.45, 7) is -0.550. The topological polar surface area (TPSA) is 96.9 Å². The highest BCUT2D eigenvalue weighted by Crippen LogP contribution is 2.47. The van der Waals surface area contributed by atoms with Gasteiger partial charge in [-0.15, -0.1) is 11.6 Å². The zero-order valence-corrected chi connectivity index (χ0v) is 21.6. The number of nitrogens with one attached hydrogen (secondary N) is 2. The van der Waals surface area contributed by atoms with Gasteiger partial charge in [-0.1, -0.05) is 6.42 Å². The Kier molecular flexibility index (Phi) is 8.97. The molecule has 3 N–H and O–H groups in total. The number of halogens is 5. The standard InChI is InChI=1S/C25H37ClF4N2O5/c26-18-5-4-17(11-19(18)27)37-14-22(35)32-24-8-6-23(7-9-24,12-20(24)33)31-21(34)13-36-16-3-1-2-15(10-16)25(28,29)30/h15-20,33H,1-14H2,(H,31,34)(H,32,35)/t15?,16?,17?,18?,19?,20-,23?,24?/m0/s1. The van der Waals surface area contributed by atoms with E-state index in [0.717, 1.165) is 0 Å². The van der Waals surface area contributed by atoms with Crippen LogP contribution >= 0.6 is 11.6 Å². The summed E-state index contributed by atoms with van der Waals surface area (Å²) in [5.41, 5.74) is -1.45. The van der Waals surface area contributed by atoms with Crippen molar-refractivity contribution in [1.82, 2.24) is 10.6 Å². The van der Waals surface area contributed by atoms with Crippen molar-refractivity contribution in [3.05, 3.63) is 0 Å². The average molecular weight is 557 g/mol. The van der Waals surface area contributed by atoms with Crippen molar-refractivity contribution in [2.24, 2.45) is 5.92 Å². The Morgan fingerprint density at radius 2 is 1.54 bits per heavy atom. The minimum atomic E-state index is -4.25. The fraction of sp³-hybridized carbons (Fsp3) is 0.920. The van der Waals surface area contributed by atoms with Crippen LogP contribution in [0.2, 0.25) is 0 Å². The van der Waals surface area contributed by atoms with E-state index in [4.69, 9.17) is 21.1 Å². The molecule has 5 aliphatic carbocycles. The summed E-state index contributed by atoms with van der Waals surface area (Å²) in [6, 6.07) is 0. The highest BCUT2D eigenvalue weighted by Gasteiger charge is 2.55. The quantitative estimate of drug-likeness (QED) is 0.313. The molecule has 0 aliphatic heterocycles. The molecule has 2 bridgehead atoms. The molecule has 2 amide bonds. The third kappa shape index (κ3) is 7.08. The number of aliphatic hydroxyl groups is 1. The Labute approximate surface area is 219 Å². The van der Waals surface area contributed by atoms with E-state index >= 15 is 0 Å². The second-order valence-corrected chi connectivity index (χ2v) is 11.9. The smallest absolute Gasteiger partial charge is 0.391 e. The van der Waals surface area contributed by atoms with Gasteiger partial charge >= 0.3 is 6.18 Å². The van der Waals surface area contributed by atoms with Crippen LogP contribution in [0.5, 0.6) is 0 Å². The van der Waals surface area contributed by atoms with Gasteiger partial charge in [-0.25, -0.2) is 4.39 Å². The molecule has 0 saturated heterocycles. The van der Waals surface area contributed by atoms with Crippen LogP contribution in [0.25, 0.3) is 0 Å². The van der Waals surface area contributed by atoms with Crippen molar-refractivity contribution in [2.45, 2.75) is 124 Å². The highest BCUT2D eigenvalue weighted by molar-refractivity contribution is 6.21. The lowest BCUT2D eigenvalue weighted by atomic mass is 9.60. The molecule has 7 nitrogen and oxygen atoms in total. The fourth-order valence-electron chi connectivity index (χ4n) is 6.48. The Morgan fingerprint density at radius 1 is 0.919 bits per heavy atom. The zero-order valence-electron chi connectivity index (χ0n) is 20.8. The van der Waals surface area contributed by atoms with Crippen molar-refractivity contribution in [3.63, 3.8) is 0 Å². The third-order valence-electron chi connectivity index (χ3n) is 8.75. The lowest BCUT2D eigenvalue weighted by molar-refractivity contribution is -0.192. The summed E-state index contributed by atoms with van der Waals surface area (Å²) >= 11 is 5.89. The average Bonchev–Trinajstić information content (AvgIpc) is 2.84. The summed E-state index contributed by atoms with van der Waals surface area (Å²) in [7, 11) is 0. The van der Waals surface area contributed by atoms with Crippen LogP contribution in [0.15, 0.2) is 0 Å². The number of amides is 2. The molecule has 5 unspecified atom stereocenters. The lowest BCUT2D eigenvalue weighted by Crippen LogP contribution is -2.70. The van der Waals surface area contributed by atoms with Gasteiger partial charge in [-0.3, -0.25) is 9.59 Å². The van der Waals surface area contributed by atoms with Crippen LogP contribution in [0.4, 0.5) is 17.6 Å². The summed E-state index contributed by atoms with van der Waals surface area (Å²) in [5.74, 6) is -2.18. The SMILES string of the molecule is O=C(COC1CCCC(C(F)(F)F)C1)NC12CCC(NC(=O)COC3CCC(Cl)C(F)C3)(CC1)[C@@H](O)C2. The molecule has 0 aromatic carbocycles. The Morgan fingerprint density at radius 3 is 2.14 bits per heavy atom. The summed E-state index contributed by atoms with van der Waals surface area (Å²) in [4.78, 5) is 25.2. The van der Waals surface area contributed by atoms with Crippen molar-refractivity contribution >= 4 is 23.4 Å². The first-order valence-electron chi connectivity index (χ1n) is 13.3. The van der Waals surface area contributed by atoms with Gasteiger partial charge in [0.15, 0.2) is 0 Å². The number of ether oxygens (including phenoxy) is 2. The van der Waals surface area contributed by atoms with E-state index in [2.05, 4.69) is 10.6 Å². The van der Waals surface area contributed by atoms with Crippen LogP contribution < -0.4 is 10.6 Å². The van der Waals surface area contributed by atoms with Gasteiger partial charge in [0.2, 0.25) is 11.8 Å². The predicted octanol–water partition coefficient (Wildman–Crippen LogP) is 3.69. The highest BCUT2D eigenvalue weighted by atomic mass is 35.5. The second kappa shape index (κ2) is 11.5. The number of alkyl halides is 5. The van der Waals surface area contributed by atoms with Gasteiger partial charge in [0.25, 0.3) is 0 Å². The molecule has 0 aromatic heterocycles. The van der Waals surface area contributed by atoms with E-state index in [0.29, 0.717) is 51.4 Å². The number of fused-ring (bicyclic) bond motifs is 3. The largest absolute Gasteiger partial charge is 0.391 e. The first kappa shape index (κ1) is 28.8. The molecular weight excluding hydrogens is 520 g/mol. The van der Waals surface area contributed by atoms with E-state index in [9.17, 15) is 32.3 Å². The molecular formula is C25H37ClF4N2O5. The molecule has 5 aliphatic rings. The maximum Gasteiger partial charge on any atom is 0.391 e. The first-order chi connectivity index (χ1) is 17.4. The second-order valence-electron chi connectivity index (χ2n) is 11.4. The Balaban J connectivity index is 1.21. The summed E-state index contributed by atoms with van der Waals surface area (Å²) < 4.78 is 64.0. The van der Waals surface area contributed by atoms with Crippen molar-refractivity contribution in [2.75, 3.05) is 13.2 Å². The van der Waals surface area contributed by atoms with Gasteiger partial charge in [-0.2, -0.15) is 13.2 Å². The number of carbonyl (C=O) groups is 2. The Hall–Kier alpha value is -1.17.